The first-order chi connectivity index (χ1) is 10.7. The van der Waals surface area contributed by atoms with Gasteiger partial charge in [0.25, 0.3) is 19.1 Å². The highest BCUT2D eigenvalue weighted by Gasteiger charge is 2.26. The molecule has 0 bridgehead atoms. The minimum absolute atomic E-state index is 0.0113. The molecule has 1 aromatic carbocycles. The molecular formula is C13H8BrClN2O4S2. The highest BCUT2D eigenvalue weighted by molar-refractivity contribution is 9.10. The fourth-order valence-corrected chi connectivity index (χ4v) is 4.83. The number of rotatable bonds is 3. The van der Waals surface area contributed by atoms with Gasteiger partial charge in [0.15, 0.2) is 5.65 Å². The first kappa shape index (κ1) is 16.4. The van der Waals surface area contributed by atoms with Crippen molar-refractivity contribution in [3.8, 4) is 0 Å². The molecule has 0 saturated carbocycles. The second-order valence-corrected chi connectivity index (χ2v) is 9.71. The fourth-order valence-electron chi connectivity index (χ4n) is 2.11. The van der Waals surface area contributed by atoms with E-state index in [1.54, 1.807) is 18.2 Å². The van der Waals surface area contributed by atoms with Crippen LogP contribution in [0.3, 0.4) is 0 Å². The normalized spacial score (nSPS) is 12.6. The summed E-state index contributed by atoms with van der Waals surface area (Å²) in [5.41, 5.74) is -0.0255. The third-order valence-electron chi connectivity index (χ3n) is 3.11. The summed E-state index contributed by atoms with van der Waals surface area (Å²) in [7, 11) is -2.73. The van der Waals surface area contributed by atoms with Crippen LogP contribution in [0.4, 0.5) is 0 Å². The summed E-state index contributed by atoms with van der Waals surface area (Å²) < 4.78 is 50.2. The van der Waals surface area contributed by atoms with Gasteiger partial charge in [0.2, 0.25) is 0 Å². The van der Waals surface area contributed by atoms with E-state index < -0.39 is 19.1 Å². The van der Waals surface area contributed by atoms with Crippen LogP contribution in [0.2, 0.25) is 0 Å². The van der Waals surface area contributed by atoms with Crippen molar-refractivity contribution in [2.24, 2.45) is 0 Å². The van der Waals surface area contributed by atoms with Crippen molar-refractivity contribution >= 4 is 56.7 Å². The van der Waals surface area contributed by atoms with E-state index >= 15 is 0 Å². The Morgan fingerprint density at radius 3 is 2.26 bits per heavy atom. The van der Waals surface area contributed by atoms with E-state index in [1.807, 2.05) is 0 Å². The average molecular weight is 436 g/mol. The molecule has 0 spiro atoms. The molecule has 3 aromatic rings. The highest BCUT2D eigenvalue weighted by atomic mass is 79.9. The van der Waals surface area contributed by atoms with Crippen molar-refractivity contribution in [1.82, 2.24) is 8.96 Å². The second-order valence-electron chi connectivity index (χ2n) is 4.55. The molecule has 0 aliphatic heterocycles. The minimum Gasteiger partial charge on any atom is -0.223 e. The molecule has 0 radical (unpaired) electrons. The van der Waals surface area contributed by atoms with Crippen LogP contribution >= 0.6 is 26.6 Å². The van der Waals surface area contributed by atoms with Crippen LogP contribution in [0.15, 0.2) is 63.1 Å². The van der Waals surface area contributed by atoms with Crippen molar-refractivity contribution in [3.63, 3.8) is 0 Å². The highest BCUT2D eigenvalue weighted by Crippen LogP contribution is 2.30. The Morgan fingerprint density at radius 1 is 1.00 bits per heavy atom. The third kappa shape index (κ3) is 2.89. The van der Waals surface area contributed by atoms with Crippen molar-refractivity contribution in [1.29, 1.82) is 0 Å². The zero-order valence-corrected chi connectivity index (χ0v) is 15.2. The lowest BCUT2D eigenvalue weighted by atomic mass is 10.3. The van der Waals surface area contributed by atoms with Crippen LogP contribution in [0.5, 0.6) is 0 Å². The molecule has 0 atom stereocenters. The number of pyridine rings is 1. The summed E-state index contributed by atoms with van der Waals surface area (Å²) in [4.78, 5) is 3.78. The predicted molar refractivity (Wildman–Crippen MR) is 89.5 cm³/mol. The van der Waals surface area contributed by atoms with Crippen LogP contribution in [0.25, 0.3) is 11.0 Å². The topological polar surface area (TPSA) is 86.1 Å². The van der Waals surface area contributed by atoms with Crippen LogP contribution < -0.4 is 0 Å². The molecule has 0 unspecified atom stereocenters. The van der Waals surface area contributed by atoms with Crippen LogP contribution in [-0.4, -0.2) is 25.8 Å². The zero-order chi connectivity index (χ0) is 16.8. The van der Waals surface area contributed by atoms with Crippen molar-refractivity contribution in [2.45, 2.75) is 9.79 Å². The predicted octanol–water partition coefficient (Wildman–Crippen LogP) is 2.96. The SMILES string of the molecule is O=S(=O)(Cl)c1cn(S(=O)(=O)c2ccccc2)c2nc(Br)ccc12. The van der Waals surface area contributed by atoms with Gasteiger partial charge in [-0.3, -0.25) is 0 Å². The molecule has 2 heterocycles. The van der Waals surface area contributed by atoms with Gasteiger partial charge in [-0.15, -0.1) is 0 Å². The molecule has 0 aliphatic carbocycles. The second kappa shape index (κ2) is 5.59. The van der Waals surface area contributed by atoms with Gasteiger partial charge in [-0.05, 0) is 40.2 Å². The monoisotopic (exact) mass is 434 g/mol. The molecular weight excluding hydrogens is 428 g/mol. The smallest absolute Gasteiger partial charge is 0.223 e. The Kier molecular flexibility index (Phi) is 3.99. The maximum atomic E-state index is 12.8. The number of benzene rings is 1. The number of hydrogen-bond acceptors (Lipinski definition) is 5. The summed E-state index contributed by atoms with van der Waals surface area (Å²) >= 11 is 3.15. The molecule has 10 heteroatoms. The Labute approximate surface area is 145 Å². The molecule has 0 aliphatic rings. The molecule has 120 valence electrons. The Bertz CT molecular complexity index is 1110. The van der Waals surface area contributed by atoms with Gasteiger partial charge in [0, 0.05) is 22.3 Å². The lowest BCUT2D eigenvalue weighted by Crippen LogP contribution is -2.12. The molecule has 2 aromatic heterocycles. The average Bonchev–Trinajstić information content (AvgIpc) is 2.87. The van der Waals surface area contributed by atoms with Crippen LogP contribution in [0.1, 0.15) is 0 Å². The lowest BCUT2D eigenvalue weighted by molar-refractivity contribution is 0.588. The third-order valence-corrected chi connectivity index (χ3v) is 6.57. The van der Waals surface area contributed by atoms with Gasteiger partial charge in [0.05, 0.1) is 4.90 Å². The summed E-state index contributed by atoms with van der Waals surface area (Å²) in [5.74, 6) is 0. The molecule has 0 N–H and O–H groups in total. The first-order valence-electron chi connectivity index (χ1n) is 6.14. The van der Waals surface area contributed by atoms with Gasteiger partial charge in [-0.25, -0.2) is 25.8 Å². The Morgan fingerprint density at radius 2 is 1.65 bits per heavy atom. The fraction of sp³-hybridized carbons (Fsp3) is 0. The van der Waals surface area contributed by atoms with Gasteiger partial charge in [-0.2, -0.15) is 0 Å². The molecule has 6 nitrogen and oxygen atoms in total. The van der Waals surface area contributed by atoms with E-state index in [-0.39, 0.29) is 20.8 Å². The molecule has 0 fully saturated rings. The summed E-state index contributed by atoms with van der Waals surface area (Å²) in [6.45, 7) is 0. The van der Waals surface area contributed by atoms with E-state index in [1.165, 1.54) is 24.3 Å². The number of fused-ring (bicyclic) bond motifs is 1. The van der Waals surface area contributed by atoms with E-state index in [2.05, 4.69) is 20.9 Å². The van der Waals surface area contributed by atoms with Gasteiger partial charge in [-0.1, -0.05) is 18.2 Å². The Hall–Kier alpha value is -1.42. The van der Waals surface area contributed by atoms with Crippen molar-refractivity contribution < 1.29 is 16.8 Å². The minimum atomic E-state index is -4.13. The van der Waals surface area contributed by atoms with E-state index in [4.69, 9.17) is 10.7 Å². The quantitative estimate of drug-likeness (QED) is 0.466. The van der Waals surface area contributed by atoms with Gasteiger partial charge >= 0.3 is 0 Å². The van der Waals surface area contributed by atoms with E-state index in [0.29, 0.717) is 4.60 Å². The Balaban J connectivity index is 2.41. The molecule has 3 rings (SSSR count). The number of halogens is 2. The lowest BCUT2D eigenvalue weighted by Gasteiger charge is -2.06. The summed E-state index contributed by atoms with van der Waals surface area (Å²) in [6, 6.07) is 10.6. The molecule has 0 saturated heterocycles. The number of nitrogens with zero attached hydrogens (tertiary/aromatic N) is 2. The van der Waals surface area contributed by atoms with Crippen LogP contribution in [-0.2, 0) is 19.1 Å². The molecule has 23 heavy (non-hydrogen) atoms. The number of hydrogen-bond donors (Lipinski definition) is 0. The van der Waals surface area contributed by atoms with E-state index in [9.17, 15) is 16.8 Å². The van der Waals surface area contributed by atoms with Gasteiger partial charge < -0.3 is 0 Å². The zero-order valence-electron chi connectivity index (χ0n) is 11.2. The van der Waals surface area contributed by atoms with Gasteiger partial charge in [0.1, 0.15) is 9.50 Å². The van der Waals surface area contributed by atoms with Crippen molar-refractivity contribution in [3.05, 3.63) is 53.3 Å². The first-order valence-corrected chi connectivity index (χ1v) is 10.7. The largest absolute Gasteiger partial charge is 0.269 e. The van der Waals surface area contributed by atoms with Crippen molar-refractivity contribution in [2.75, 3.05) is 0 Å². The standard InChI is InChI=1S/C13H8BrClN2O4S2/c14-12-7-6-10-11(22(15,18)19)8-17(13(10)16-12)23(20,21)9-4-2-1-3-5-9/h1-8H. The maximum absolute atomic E-state index is 12.8. The summed E-state index contributed by atoms with van der Waals surface area (Å²) in [5, 5.41) is 0.128. The van der Waals surface area contributed by atoms with Crippen LogP contribution in [0, 0.1) is 0 Å². The summed E-state index contributed by atoms with van der Waals surface area (Å²) in [6.07, 6.45) is 0.967. The van der Waals surface area contributed by atoms with E-state index in [0.717, 1.165) is 10.2 Å². The molecule has 0 amide bonds. The number of aromatic nitrogens is 2. The maximum Gasteiger partial charge on any atom is 0.269 e.